The number of aromatic nitrogens is 2. The number of benzene rings is 3. The monoisotopic (exact) mass is 450 g/mol. The van der Waals surface area contributed by atoms with E-state index in [4.69, 9.17) is 4.98 Å². The van der Waals surface area contributed by atoms with E-state index >= 15 is 0 Å². The van der Waals surface area contributed by atoms with Crippen molar-refractivity contribution in [1.29, 1.82) is 0 Å². The predicted molar refractivity (Wildman–Crippen MR) is 121 cm³/mol. The van der Waals surface area contributed by atoms with Gasteiger partial charge in [-0.15, -0.1) is 0 Å². The maximum Gasteiger partial charge on any atom is 0.266 e. The van der Waals surface area contributed by atoms with Crippen LogP contribution >= 0.6 is 27.7 Å². The first kappa shape index (κ1) is 19.0. The van der Waals surface area contributed by atoms with Gasteiger partial charge in [-0.05, 0) is 61.4 Å². The van der Waals surface area contributed by atoms with Crippen molar-refractivity contribution in [1.82, 2.24) is 9.55 Å². The lowest BCUT2D eigenvalue weighted by Gasteiger charge is -2.14. The molecule has 1 heterocycles. The summed E-state index contributed by atoms with van der Waals surface area (Å²) in [6, 6.07) is 21.7. The Kier molecular flexibility index (Phi) is 5.38. The van der Waals surface area contributed by atoms with Crippen LogP contribution in [0.5, 0.6) is 0 Å². The van der Waals surface area contributed by atoms with E-state index < -0.39 is 0 Å². The zero-order valence-electron chi connectivity index (χ0n) is 15.6. The summed E-state index contributed by atoms with van der Waals surface area (Å²) in [7, 11) is 0. The molecule has 0 aliphatic carbocycles. The molecule has 3 aromatic carbocycles. The molecular weight excluding hydrogens is 432 g/mol. The molecule has 0 amide bonds. The molecule has 0 bridgehead atoms. The molecule has 4 rings (SSSR count). The topological polar surface area (TPSA) is 34.9 Å². The van der Waals surface area contributed by atoms with Gasteiger partial charge in [0.2, 0.25) is 0 Å². The standard InChI is InChI=1S/C23H19BrN2OS/c1-15-7-8-16(2)17(13-15)14-28-23-25-21-6-4-3-5-20(21)22(27)26(23)19-11-9-18(24)10-12-19/h3-13H,14H2,1-2H3. The Morgan fingerprint density at radius 2 is 1.75 bits per heavy atom. The molecule has 3 nitrogen and oxygen atoms in total. The first-order valence-corrected chi connectivity index (χ1v) is 10.8. The van der Waals surface area contributed by atoms with Crippen LogP contribution in [-0.2, 0) is 5.75 Å². The fourth-order valence-corrected chi connectivity index (χ4v) is 4.47. The summed E-state index contributed by atoms with van der Waals surface area (Å²) in [4.78, 5) is 18.1. The van der Waals surface area contributed by atoms with E-state index in [9.17, 15) is 4.79 Å². The minimum atomic E-state index is -0.0450. The van der Waals surface area contributed by atoms with Crippen LogP contribution in [0, 0.1) is 13.8 Å². The third kappa shape index (κ3) is 3.77. The lowest BCUT2D eigenvalue weighted by Crippen LogP contribution is -2.21. The first-order valence-electron chi connectivity index (χ1n) is 8.99. The van der Waals surface area contributed by atoms with Gasteiger partial charge < -0.3 is 0 Å². The molecule has 0 radical (unpaired) electrons. The summed E-state index contributed by atoms with van der Waals surface area (Å²) >= 11 is 5.05. The molecule has 0 aliphatic heterocycles. The molecule has 28 heavy (non-hydrogen) atoms. The van der Waals surface area contributed by atoms with Crippen LogP contribution in [0.1, 0.15) is 16.7 Å². The Morgan fingerprint density at radius 3 is 2.54 bits per heavy atom. The molecule has 0 N–H and O–H groups in total. The highest BCUT2D eigenvalue weighted by atomic mass is 79.9. The Bertz CT molecular complexity index is 1220. The molecule has 0 saturated carbocycles. The van der Waals surface area contributed by atoms with Crippen LogP contribution in [0.3, 0.4) is 0 Å². The first-order chi connectivity index (χ1) is 13.5. The van der Waals surface area contributed by atoms with E-state index in [0.717, 1.165) is 21.4 Å². The third-order valence-electron chi connectivity index (χ3n) is 4.69. The highest BCUT2D eigenvalue weighted by Gasteiger charge is 2.14. The third-order valence-corrected chi connectivity index (χ3v) is 6.21. The molecule has 0 unspecified atom stereocenters. The summed E-state index contributed by atoms with van der Waals surface area (Å²) < 4.78 is 2.69. The van der Waals surface area contributed by atoms with Gasteiger partial charge in [-0.25, -0.2) is 4.98 Å². The Balaban J connectivity index is 1.84. The molecule has 5 heteroatoms. The zero-order valence-corrected chi connectivity index (χ0v) is 18.0. The smallest absolute Gasteiger partial charge is 0.266 e. The maximum atomic E-state index is 13.3. The molecule has 1 aromatic heterocycles. The minimum Gasteiger partial charge on any atom is -0.268 e. The lowest BCUT2D eigenvalue weighted by atomic mass is 10.1. The average molecular weight is 451 g/mol. The molecule has 0 spiro atoms. The molecule has 0 aliphatic rings. The van der Waals surface area contributed by atoms with Gasteiger partial charge in [-0.1, -0.05) is 63.6 Å². The SMILES string of the molecule is Cc1ccc(C)c(CSc2nc3ccccc3c(=O)n2-c2ccc(Br)cc2)c1. The number of halogens is 1. The number of aryl methyl sites for hydroxylation is 2. The quantitative estimate of drug-likeness (QED) is 0.280. The Morgan fingerprint density at radius 1 is 1.00 bits per heavy atom. The largest absolute Gasteiger partial charge is 0.268 e. The molecular formula is C23H19BrN2OS. The summed E-state index contributed by atoms with van der Waals surface area (Å²) in [6.45, 7) is 4.21. The average Bonchev–Trinajstić information content (AvgIpc) is 2.70. The van der Waals surface area contributed by atoms with Crippen molar-refractivity contribution in [3.05, 3.63) is 98.2 Å². The van der Waals surface area contributed by atoms with Gasteiger partial charge in [-0.2, -0.15) is 0 Å². The summed E-state index contributed by atoms with van der Waals surface area (Å²) in [6.07, 6.45) is 0. The zero-order chi connectivity index (χ0) is 19.7. The molecule has 0 fully saturated rings. The molecule has 0 atom stereocenters. The summed E-state index contributed by atoms with van der Waals surface area (Å²) in [5, 5.41) is 1.33. The van der Waals surface area contributed by atoms with Crippen LogP contribution in [0.15, 0.2) is 81.2 Å². The second-order valence-corrected chi connectivity index (χ2v) is 8.61. The Hall–Kier alpha value is -2.37. The number of fused-ring (bicyclic) bond motifs is 1. The van der Waals surface area contributed by atoms with Crippen LogP contribution in [0.4, 0.5) is 0 Å². The second-order valence-electron chi connectivity index (χ2n) is 6.75. The number of rotatable bonds is 4. The van der Waals surface area contributed by atoms with Gasteiger partial charge in [0, 0.05) is 10.2 Å². The van der Waals surface area contributed by atoms with Crippen LogP contribution < -0.4 is 5.56 Å². The number of thioether (sulfide) groups is 1. The normalized spacial score (nSPS) is 11.1. The van der Waals surface area contributed by atoms with Crippen molar-refractivity contribution < 1.29 is 0 Å². The number of hydrogen-bond donors (Lipinski definition) is 0. The van der Waals surface area contributed by atoms with E-state index in [0.29, 0.717) is 10.5 Å². The van der Waals surface area contributed by atoms with E-state index in [2.05, 4.69) is 48.0 Å². The molecule has 140 valence electrons. The van der Waals surface area contributed by atoms with E-state index in [1.54, 1.807) is 16.3 Å². The molecule has 0 saturated heterocycles. The van der Waals surface area contributed by atoms with Crippen molar-refractivity contribution in [3.63, 3.8) is 0 Å². The van der Waals surface area contributed by atoms with Crippen molar-refractivity contribution >= 4 is 38.6 Å². The minimum absolute atomic E-state index is 0.0450. The Labute approximate surface area is 176 Å². The number of hydrogen-bond acceptors (Lipinski definition) is 3. The van der Waals surface area contributed by atoms with Crippen LogP contribution in [0.25, 0.3) is 16.6 Å². The highest BCUT2D eigenvalue weighted by molar-refractivity contribution is 9.10. The van der Waals surface area contributed by atoms with Gasteiger partial charge in [0.25, 0.3) is 5.56 Å². The van der Waals surface area contributed by atoms with Gasteiger partial charge in [0.15, 0.2) is 5.16 Å². The fourth-order valence-electron chi connectivity index (χ4n) is 3.13. The van der Waals surface area contributed by atoms with Crippen molar-refractivity contribution in [3.8, 4) is 5.69 Å². The van der Waals surface area contributed by atoms with Crippen LogP contribution in [0.2, 0.25) is 0 Å². The molecule has 4 aromatic rings. The van der Waals surface area contributed by atoms with Crippen molar-refractivity contribution in [2.75, 3.05) is 0 Å². The van der Waals surface area contributed by atoms with Gasteiger partial charge in [0.05, 0.1) is 16.6 Å². The van der Waals surface area contributed by atoms with E-state index in [1.807, 2.05) is 48.5 Å². The van der Waals surface area contributed by atoms with E-state index in [-0.39, 0.29) is 5.56 Å². The lowest BCUT2D eigenvalue weighted by molar-refractivity contribution is 0.819. The fraction of sp³-hybridized carbons (Fsp3) is 0.130. The number of para-hydroxylation sites is 1. The van der Waals surface area contributed by atoms with Gasteiger partial charge >= 0.3 is 0 Å². The highest BCUT2D eigenvalue weighted by Crippen LogP contribution is 2.26. The number of nitrogens with zero attached hydrogens (tertiary/aromatic N) is 2. The van der Waals surface area contributed by atoms with Gasteiger partial charge in [-0.3, -0.25) is 9.36 Å². The van der Waals surface area contributed by atoms with Crippen molar-refractivity contribution in [2.24, 2.45) is 0 Å². The predicted octanol–water partition coefficient (Wildman–Crippen LogP) is 6.06. The summed E-state index contributed by atoms with van der Waals surface area (Å²) in [5.41, 5.74) is 5.24. The summed E-state index contributed by atoms with van der Waals surface area (Å²) in [5.74, 6) is 0.759. The maximum absolute atomic E-state index is 13.3. The van der Waals surface area contributed by atoms with Crippen LogP contribution in [-0.4, -0.2) is 9.55 Å². The van der Waals surface area contributed by atoms with Gasteiger partial charge in [0.1, 0.15) is 0 Å². The second kappa shape index (κ2) is 7.94. The van der Waals surface area contributed by atoms with Crippen molar-refractivity contribution in [2.45, 2.75) is 24.8 Å². The van der Waals surface area contributed by atoms with E-state index in [1.165, 1.54) is 16.7 Å².